The van der Waals surface area contributed by atoms with E-state index in [1.54, 1.807) is 12.1 Å². The molecule has 0 radical (unpaired) electrons. The number of imide groups is 1. The number of rotatable bonds is 6. The summed E-state index contributed by atoms with van der Waals surface area (Å²) in [6.45, 7) is 5.30. The lowest BCUT2D eigenvalue weighted by molar-refractivity contribution is 0.0474. The molecule has 7 heteroatoms. The summed E-state index contributed by atoms with van der Waals surface area (Å²) in [6.07, 6.45) is 2.22. The van der Waals surface area contributed by atoms with Gasteiger partial charge in [0.15, 0.2) is 6.61 Å². The van der Waals surface area contributed by atoms with E-state index in [0.29, 0.717) is 17.3 Å². The van der Waals surface area contributed by atoms with Crippen molar-refractivity contribution in [3.05, 3.63) is 87.7 Å². The third-order valence-corrected chi connectivity index (χ3v) is 6.51. The smallest absolute Gasteiger partial charge is 0.338 e. The number of para-hydroxylation sites is 1. The molecule has 0 N–H and O–H groups in total. The van der Waals surface area contributed by atoms with Gasteiger partial charge in [0.25, 0.3) is 11.8 Å². The third kappa shape index (κ3) is 3.53. The van der Waals surface area contributed by atoms with Crippen LogP contribution in [0.2, 0.25) is 0 Å². The van der Waals surface area contributed by atoms with Crippen molar-refractivity contribution < 1.29 is 23.9 Å². The van der Waals surface area contributed by atoms with Gasteiger partial charge in [-0.25, -0.2) is 9.69 Å². The normalized spacial score (nSPS) is 15.0. The zero-order valence-electron chi connectivity index (χ0n) is 19.3. The maximum absolute atomic E-state index is 13.0. The number of ketones is 1. The molecule has 0 spiro atoms. The van der Waals surface area contributed by atoms with Crippen molar-refractivity contribution in [1.29, 1.82) is 0 Å². The quantitative estimate of drug-likeness (QED) is 0.308. The van der Waals surface area contributed by atoms with Gasteiger partial charge in [-0.2, -0.15) is 0 Å². The van der Waals surface area contributed by atoms with Crippen LogP contribution in [-0.2, 0) is 4.74 Å². The van der Waals surface area contributed by atoms with Gasteiger partial charge in [-0.1, -0.05) is 18.2 Å². The molecule has 1 aromatic heterocycles. The maximum atomic E-state index is 13.0. The molecule has 34 heavy (non-hydrogen) atoms. The van der Waals surface area contributed by atoms with Crippen LogP contribution >= 0.6 is 0 Å². The summed E-state index contributed by atoms with van der Waals surface area (Å²) in [6, 6.07) is 13.7. The first-order chi connectivity index (χ1) is 16.3. The third-order valence-electron chi connectivity index (χ3n) is 6.51. The van der Waals surface area contributed by atoms with Crippen molar-refractivity contribution in [3.8, 4) is 0 Å². The van der Waals surface area contributed by atoms with Gasteiger partial charge in [0, 0.05) is 23.0 Å². The molecule has 3 aromatic rings. The Morgan fingerprint density at radius 2 is 1.65 bits per heavy atom. The lowest BCUT2D eigenvalue weighted by Crippen LogP contribution is -2.29. The number of carbonyl (C=O) groups excluding carboxylic acids is 4. The molecular weight excluding hydrogens is 432 g/mol. The minimum Gasteiger partial charge on any atom is -0.454 e. The molecular formula is C27H24N2O5. The van der Waals surface area contributed by atoms with E-state index in [9.17, 15) is 19.2 Å². The van der Waals surface area contributed by atoms with Crippen molar-refractivity contribution in [2.45, 2.75) is 39.7 Å². The number of benzene rings is 2. The fraction of sp³-hybridized carbons (Fsp3) is 0.259. The monoisotopic (exact) mass is 456 g/mol. The Hall–Kier alpha value is -4.00. The van der Waals surface area contributed by atoms with E-state index < -0.39 is 24.4 Å². The highest BCUT2D eigenvalue weighted by molar-refractivity contribution is 6.35. The lowest BCUT2D eigenvalue weighted by Gasteiger charge is -2.16. The van der Waals surface area contributed by atoms with Crippen LogP contribution in [-0.4, -0.2) is 34.7 Å². The van der Waals surface area contributed by atoms with Gasteiger partial charge in [0.05, 0.1) is 22.4 Å². The maximum Gasteiger partial charge on any atom is 0.338 e. The molecule has 2 heterocycles. The molecule has 0 saturated heterocycles. The molecule has 2 aliphatic rings. The molecule has 1 aliphatic heterocycles. The van der Waals surface area contributed by atoms with E-state index in [0.717, 1.165) is 34.7 Å². The molecule has 0 atom stereocenters. The average molecular weight is 456 g/mol. The van der Waals surface area contributed by atoms with Gasteiger partial charge < -0.3 is 9.30 Å². The molecule has 0 bridgehead atoms. The van der Waals surface area contributed by atoms with Crippen molar-refractivity contribution in [1.82, 2.24) is 4.57 Å². The number of esters is 1. The Kier molecular flexibility index (Phi) is 5.20. The standard InChI is InChI=1S/C27H24N2O5/c1-15-6-4-5-7-23(15)29-25(31)20-11-8-18(13-22(20)26(29)32)27(33)34-14-24(30)21-12-16(2)28(17(21)3)19-9-10-19/h4-8,11-13,19H,9-10,14H2,1-3H3. The second-order valence-electron chi connectivity index (χ2n) is 8.88. The molecule has 5 rings (SSSR count). The summed E-state index contributed by atoms with van der Waals surface area (Å²) in [5.41, 5.74) is 4.25. The Labute approximate surface area is 196 Å². The van der Waals surface area contributed by atoms with E-state index in [2.05, 4.69) is 4.57 Å². The minimum absolute atomic E-state index is 0.114. The van der Waals surface area contributed by atoms with E-state index in [4.69, 9.17) is 4.74 Å². The molecule has 172 valence electrons. The second kappa shape index (κ2) is 8.09. The predicted molar refractivity (Wildman–Crippen MR) is 126 cm³/mol. The summed E-state index contributed by atoms with van der Waals surface area (Å²) in [5, 5.41) is 0. The summed E-state index contributed by atoms with van der Waals surface area (Å²) in [4.78, 5) is 52.4. The number of hydrogen-bond acceptors (Lipinski definition) is 5. The number of carbonyl (C=O) groups is 4. The predicted octanol–water partition coefficient (Wildman–Crippen LogP) is 4.59. The number of Topliss-reactive ketones (excluding diaryl/α,β-unsaturated/α-hetero) is 1. The van der Waals surface area contributed by atoms with Gasteiger partial charge >= 0.3 is 5.97 Å². The summed E-state index contributed by atoms with van der Waals surface area (Å²) in [7, 11) is 0. The van der Waals surface area contributed by atoms with Gasteiger partial charge in [0.2, 0.25) is 5.78 Å². The van der Waals surface area contributed by atoms with Crippen LogP contribution in [0.4, 0.5) is 5.69 Å². The van der Waals surface area contributed by atoms with Gasteiger partial charge in [0.1, 0.15) is 0 Å². The van der Waals surface area contributed by atoms with E-state index in [-0.39, 0.29) is 22.5 Å². The van der Waals surface area contributed by atoms with Crippen LogP contribution in [0.3, 0.4) is 0 Å². The molecule has 1 aliphatic carbocycles. The van der Waals surface area contributed by atoms with Crippen molar-refractivity contribution in [3.63, 3.8) is 0 Å². The first-order valence-electron chi connectivity index (χ1n) is 11.2. The van der Waals surface area contributed by atoms with Crippen molar-refractivity contribution in [2.75, 3.05) is 11.5 Å². The number of nitrogens with zero attached hydrogens (tertiary/aromatic N) is 2. The van der Waals surface area contributed by atoms with Crippen LogP contribution in [0.5, 0.6) is 0 Å². The summed E-state index contributed by atoms with van der Waals surface area (Å²) >= 11 is 0. The van der Waals surface area contributed by atoms with Gasteiger partial charge in [-0.15, -0.1) is 0 Å². The summed E-state index contributed by atoms with van der Waals surface area (Å²) < 4.78 is 7.43. The number of ether oxygens (including phenoxy) is 1. The average Bonchev–Trinajstić information content (AvgIpc) is 3.57. The number of fused-ring (bicyclic) bond motifs is 1. The number of aromatic nitrogens is 1. The van der Waals surface area contributed by atoms with Crippen molar-refractivity contribution >= 4 is 29.3 Å². The van der Waals surface area contributed by atoms with Crippen molar-refractivity contribution in [2.24, 2.45) is 0 Å². The zero-order chi connectivity index (χ0) is 24.1. The Bertz CT molecular complexity index is 1380. The first-order valence-corrected chi connectivity index (χ1v) is 11.2. The topological polar surface area (TPSA) is 85.7 Å². The van der Waals surface area contributed by atoms with E-state index >= 15 is 0 Å². The van der Waals surface area contributed by atoms with Crippen LogP contribution < -0.4 is 4.90 Å². The Morgan fingerprint density at radius 3 is 2.35 bits per heavy atom. The van der Waals surface area contributed by atoms with E-state index in [1.807, 2.05) is 39.0 Å². The van der Waals surface area contributed by atoms with Gasteiger partial charge in [-0.05, 0) is 69.5 Å². The molecule has 2 aromatic carbocycles. The van der Waals surface area contributed by atoms with Crippen LogP contribution in [0.25, 0.3) is 0 Å². The highest BCUT2D eigenvalue weighted by atomic mass is 16.5. The SMILES string of the molecule is Cc1ccccc1N1C(=O)c2ccc(C(=O)OCC(=O)c3cc(C)n(C4CC4)c3C)cc2C1=O. The number of aryl methyl sites for hydroxylation is 2. The minimum atomic E-state index is -0.721. The molecule has 2 amide bonds. The summed E-state index contributed by atoms with van der Waals surface area (Å²) in [5.74, 6) is -1.92. The number of amides is 2. The Balaban J connectivity index is 1.32. The lowest BCUT2D eigenvalue weighted by atomic mass is 10.1. The number of anilines is 1. The van der Waals surface area contributed by atoms with Crippen LogP contribution in [0.15, 0.2) is 48.5 Å². The second-order valence-corrected chi connectivity index (χ2v) is 8.88. The molecule has 1 saturated carbocycles. The largest absolute Gasteiger partial charge is 0.454 e. The van der Waals surface area contributed by atoms with E-state index in [1.165, 1.54) is 18.2 Å². The van der Waals surface area contributed by atoms with Crippen LogP contribution in [0.1, 0.15) is 77.3 Å². The Morgan fingerprint density at radius 1 is 0.941 bits per heavy atom. The molecule has 7 nitrogen and oxygen atoms in total. The molecule has 1 fully saturated rings. The molecule has 0 unspecified atom stereocenters. The highest BCUT2D eigenvalue weighted by Gasteiger charge is 2.38. The fourth-order valence-electron chi connectivity index (χ4n) is 4.65. The zero-order valence-corrected chi connectivity index (χ0v) is 19.3. The van der Waals surface area contributed by atoms with Gasteiger partial charge in [-0.3, -0.25) is 14.4 Å². The van der Waals surface area contributed by atoms with Crippen LogP contribution in [0, 0.1) is 20.8 Å². The highest BCUT2D eigenvalue weighted by Crippen LogP contribution is 2.38. The number of hydrogen-bond donors (Lipinski definition) is 0. The first kappa shape index (κ1) is 21.8. The fourth-order valence-corrected chi connectivity index (χ4v) is 4.65.